The van der Waals surface area contributed by atoms with Gasteiger partial charge in [0.25, 0.3) is 0 Å². The van der Waals surface area contributed by atoms with Crippen LogP contribution >= 0.6 is 11.8 Å². The molecule has 8 heavy (non-hydrogen) atoms. The van der Waals surface area contributed by atoms with Crippen molar-refractivity contribution in [2.75, 3.05) is 0 Å². The molecule has 1 aliphatic rings. The first-order valence-corrected chi connectivity index (χ1v) is 5.11. The molecule has 0 unspecified atom stereocenters. The number of rotatable bonds is 0. The fourth-order valence-electron chi connectivity index (χ4n) is 0.528. The molecule has 0 N–H and O–H groups in total. The molecule has 0 aromatic heterocycles. The molecule has 0 aromatic carbocycles. The molecule has 2 heteroatoms. The second-order valence-electron chi connectivity index (χ2n) is 1.70. The van der Waals surface area contributed by atoms with E-state index >= 15 is 0 Å². The average molecular weight is 191 g/mol. The minimum atomic E-state index is 0.672. The van der Waals surface area contributed by atoms with E-state index in [1.807, 2.05) is 0 Å². The number of thioether (sulfide) groups is 1. The van der Waals surface area contributed by atoms with Crippen LogP contribution in [0, 0.1) is 0 Å². The molecule has 0 spiro atoms. The van der Waals surface area contributed by atoms with Gasteiger partial charge < -0.3 is 0 Å². The molecule has 1 aliphatic heterocycles. The Balaban J connectivity index is 2.57. The fraction of sp³-hybridized carbons (Fsp3) is 0.333. The van der Waals surface area contributed by atoms with Gasteiger partial charge in [-0.15, -0.1) is 0 Å². The zero-order valence-electron chi connectivity index (χ0n) is 4.97. The van der Waals surface area contributed by atoms with Crippen molar-refractivity contribution in [3.8, 4) is 0 Å². The van der Waals surface area contributed by atoms with Crippen molar-refractivity contribution in [3.63, 3.8) is 0 Å². The van der Waals surface area contributed by atoms with Gasteiger partial charge in [0.2, 0.25) is 0 Å². The van der Waals surface area contributed by atoms with Crippen LogP contribution in [0.1, 0.15) is 13.8 Å². The van der Waals surface area contributed by atoms with Crippen molar-refractivity contribution in [3.05, 3.63) is 19.8 Å². The zero-order chi connectivity index (χ0) is 5.98. The van der Waals surface area contributed by atoms with E-state index in [-0.39, 0.29) is 0 Å². The predicted octanol–water partition coefficient (Wildman–Crippen LogP) is 2.16. The predicted molar refractivity (Wildman–Crippen MR) is 40.9 cm³/mol. The molecule has 0 radical (unpaired) electrons. The summed E-state index contributed by atoms with van der Waals surface area (Å²) >= 11 is 2.47. The van der Waals surface area contributed by atoms with E-state index in [4.69, 9.17) is 0 Å². The summed E-state index contributed by atoms with van der Waals surface area (Å²) in [5.41, 5.74) is 0. The standard InChI is InChI=1S/C6H8SSe/c1-5-3-7-4-6(2)8-5/h3-4H,1-2H3. The van der Waals surface area contributed by atoms with Crippen LogP contribution in [0.5, 0.6) is 0 Å². The van der Waals surface area contributed by atoms with Crippen molar-refractivity contribution < 1.29 is 0 Å². The van der Waals surface area contributed by atoms with Gasteiger partial charge in [-0.1, -0.05) is 0 Å². The Hall–Kier alpha value is 0.349. The second kappa shape index (κ2) is 2.77. The Bertz CT molecular complexity index is 131. The Morgan fingerprint density at radius 2 is 1.75 bits per heavy atom. The van der Waals surface area contributed by atoms with Crippen LogP contribution in [0.3, 0.4) is 0 Å². The molecule has 0 aromatic rings. The summed E-state index contributed by atoms with van der Waals surface area (Å²) in [5, 5.41) is 4.46. The summed E-state index contributed by atoms with van der Waals surface area (Å²) in [6.45, 7) is 4.40. The van der Waals surface area contributed by atoms with Gasteiger partial charge in [0, 0.05) is 0 Å². The molecule has 44 valence electrons. The van der Waals surface area contributed by atoms with Gasteiger partial charge in [-0.2, -0.15) is 0 Å². The topological polar surface area (TPSA) is 0 Å². The Morgan fingerprint density at radius 1 is 1.25 bits per heavy atom. The van der Waals surface area contributed by atoms with Gasteiger partial charge in [-0.25, -0.2) is 0 Å². The van der Waals surface area contributed by atoms with Crippen molar-refractivity contribution in [1.29, 1.82) is 0 Å². The Kier molecular flexibility index (Phi) is 2.24. The minimum absolute atomic E-state index is 0.672. The van der Waals surface area contributed by atoms with Crippen LogP contribution in [0.15, 0.2) is 19.8 Å². The maximum atomic E-state index is 2.23. The first-order valence-electron chi connectivity index (χ1n) is 2.46. The van der Waals surface area contributed by atoms with E-state index in [1.54, 1.807) is 20.7 Å². The second-order valence-corrected chi connectivity index (χ2v) is 5.57. The third-order valence-corrected chi connectivity index (χ3v) is 4.29. The summed E-state index contributed by atoms with van der Waals surface area (Å²) in [5.74, 6) is 0. The number of allylic oxidation sites excluding steroid dienone is 2. The van der Waals surface area contributed by atoms with Crippen LogP contribution in [0.25, 0.3) is 0 Å². The van der Waals surface area contributed by atoms with Crippen molar-refractivity contribution in [2.45, 2.75) is 13.8 Å². The Morgan fingerprint density at radius 3 is 2.00 bits per heavy atom. The molecule has 0 aliphatic carbocycles. The van der Waals surface area contributed by atoms with Gasteiger partial charge in [-0.3, -0.25) is 0 Å². The molecule has 0 amide bonds. The van der Waals surface area contributed by atoms with Crippen LogP contribution in [0.2, 0.25) is 0 Å². The van der Waals surface area contributed by atoms with Crippen molar-refractivity contribution in [1.82, 2.24) is 0 Å². The quantitative estimate of drug-likeness (QED) is 0.529. The van der Waals surface area contributed by atoms with Gasteiger partial charge >= 0.3 is 60.3 Å². The molecule has 1 heterocycles. The average Bonchev–Trinajstić information content (AvgIpc) is 1.64. The molecule has 0 fully saturated rings. The fourth-order valence-corrected chi connectivity index (χ4v) is 3.45. The molecule has 0 bridgehead atoms. The van der Waals surface area contributed by atoms with Crippen LogP contribution in [-0.4, -0.2) is 15.0 Å². The SMILES string of the molecule is CC1=CSC=C(C)[Se]1. The molecule has 0 nitrogen and oxygen atoms in total. The monoisotopic (exact) mass is 192 g/mol. The zero-order valence-corrected chi connectivity index (χ0v) is 7.50. The summed E-state index contributed by atoms with van der Waals surface area (Å²) < 4.78 is 3.09. The molecular weight excluding hydrogens is 183 g/mol. The normalized spacial score (nSPS) is 19.8. The van der Waals surface area contributed by atoms with E-state index in [9.17, 15) is 0 Å². The third-order valence-electron chi connectivity index (χ3n) is 0.790. The summed E-state index contributed by atoms with van der Waals surface area (Å²) in [7, 11) is 0. The van der Waals surface area contributed by atoms with E-state index < -0.39 is 0 Å². The summed E-state index contributed by atoms with van der Waals surface area (Å²) in [6.07, 6.45) is 0. The van der Waals surface area contributed by atoms with Crippen molar-refractivity contribution in [2.24, 2.45) is 0 Å². The third kappa shape index (κ3) is 1.70. The maximum absolute atomic E-state index is 2.23. The van der Waals surface area contributed by atoms with Crippen molar-refractivity contribution >= 4 is 26.7 Å². The summed E-state index contributed by atoms with van der Waals surface area (Å²) in [6, 6.07) is 0. The van der Waals surface area contributed by atoms with E-state index in [2.05, 4.69) is 24.7 Å². The number of hydrogen-bond acceptors (Lipinski definition) is 1. The van der Waals surface area contributed by atoms with Gasteiger partial charge in [0.1, 0.15) is 0 Å². The van der Waals surface area contributed by atoms with Gasteiger partial charge in [0.05, 0.1) is 0 Å². The number of hydrogen-bond donors (Lipinski definition) is 0. The molecule has 0 saturated heterocycles. The molecular formula is C6H8SSe. The first kappa shape index (κ1) is 6.47. The van der Waals surface area contributed by atoms with Gasteiger partial charge in [-0.05, 0) is 0 Å². The summed E-state index contributed by atoms with van der Waals surface area (Å²) in [4.78, 5) is 0. The molecule has 1 rings (SSSR count). The Labute approximate surface area is 60.6 Å². The first-order chi connectivity index (χ1) is 3.79. The van der Waals surface area contributed by atoms with Crippen LogP contribution < -0.4 is 0 Å². The van der Waals surface area contributed by atoms with E-state index in [0.29, 0.717) is 15.0 Å². The van der Waals surface area contributed by atoms with E-state index in [1.165, 1.54) is 0 Å². The molecule has 0 atom stereocenters. The van der Waals surface area contributed by atoms with Crippen LogP contribution in [0.4, 0.5) is 0 Å². The molecule has 0 saturated carbocycles. The van der Waals surface area contributed by atoms with E-state index in [0.717, 1.165) is 0 Å². The van der Waals surface area contributed by atoms with Gasteiger partial charge in [0.15, 0.2) is 0 Å². The van der Waals surface area contributed by atoms with Crippen LogP contribution in [-0.2, 0) is 0 Å².